The summed E-state index contributed by atoms with van der Waals surface area (Å²) in [6.45, 7) is 0.292. The van der Waals surface area contributed by atoms with Gasteiger partial charge in [0, 0.05) is 36.3 Å². The first-order valence-electron chi connectivity index (χ1n) is 8.86. The van der Waals surface area contributed by atoms with E-state index in [4.69, 9.17) is 0 Å². The largest absolute Gasteiger partial charge is 0.350 e. The van der Waals surface area contributed by atoms with Crippen LogP contribution in [0, 0.1) is 5.82 Å². The smallest absolute Gasteiger partial charge is 0.257 e. The summed E-state index contributed by atoms with van der Waals surface area (Å²) in [7, 11) is 0. The molecule has 0 radical (unpaired) electrons. The summed E-state index contributed by atoms with van der Waals surface area (Å²) in [5, 5.41) is 20.1. The maximum atomic E-state index is 13.7. The zero-order valence-electron chi connectivity index (χ0n) is 14.9. The van der Waals surface area contributed by atoms with Gasteiger partial charge in [0.2, 0.25) is 5.95 Å². The van der Waals surface area contributed by atoms with Crippen molar-refractivity contribution in [3.63, 3.8) is 0 Å². The molecule has 8 nitrogen and oxygen atoms in total. The highest BCUT2D eigenvalue weighted by Gasteiger charge is 2.58. The van der Waals surface area contributed by atoms with E-state index in [0.29, 0.717) is 40.9 Å². The second-order valence-corrected chi connectivity index (χ2v) is 6.87. The third-order valence-corrected chi connectivity index (χ3v) is 4.76. The van der Waals surface area contributed by atoms with E-state index in [1.54, 1.807) is 24.5 Å². The number of anilines is 3. The van der Waals surface area contributed by atoms with Crippen LogP contribution in [0.5, 0.6) is 0 Å². The van der Waals surface area contributed by atoms with E-state index in [1.807, 2.05) is 0 Å². The van der Waals surface area contributed by atoms with Crippen molar-refractivity contribution in [3.8, 4) is 0 Å². The number of aromatic nitrogens is 6. The second kappa shape index (κ2) is 6.47. The number of benzene rings is 1. The Labute approximate surface area is 162 Å². The molecule has 11 heteroatoms. The van der Waals surface area contributed by atoms with Gasteiger partial charge in [0.05, 0.1) is 17.6 Å². The van der Waals surface area contributed by atoms with Crippen LogP contribution in [0.4, 0.5) is 30.8 Å². The highest BCUT2D eigenvalue weighted by molar-refractivity contribution is 5.81. The van der Waals surface area contributed by atoms with Crippen molar-refractivity contribution in [2.24, 2.45) is 0 Å². The molecule has 5 rings (SSSR count). The Bertz CT molecular complexity index is 1180. The van der Waals surface area contributed by atoms with Crippen molar-refractivity contribution >= 4 is 28.5 Å². The number of nitrogens with one attached hydrogen (secondary N) is 4. The molecule has 0 amide bonds. The number of rotatable bonds is 6. The van der Waals surface area contributed by atoms with E-state index in [9.17, 15) is 13.2 Å². The van der Waals surface area contributed by atoms with Gasteiger partial charge in [-0.2, -0.15) is 15.2 Å². The number of alkyl halides is 2. The van der Waals surface area contributed by atoms with Crippen LogP contribution in [0.2, 0.25) is 0 Å². The van der Waals surface area contributed by atoms with Crippen LogP contribution in [0.25, 0.3) is 10.9 Å². The first-order chi connectivity index (χ1) is 14.0. The van der Waals surface area contributed by atoms with Crippen LogP contribution in [0.1, 0.15) is 23.6 Å². The third kappa shape index (κ3) is 3.46. The number of halogens is 3. The molecule has 1 aromatic carbocycles. The standard InChI is InChI=1S/C18H15F3N8/c19-10-3-9(11-8-24-27-13(11)4-10)7-23-17-22-2-1-15(26-17)25-16-5-14(28-29-16)12-6-18(12,20)21/h1-5,8,12H,6-7H2,(H,24,27)(H3,22,23,25,26,28,29)/t12-/m0/s1. The van der Waals surface area contributed by atoms with E-state index in [2.05, 4.69) is 41.0 Å². The Hall–Kier alpha value is -3.63. The lowest BCUT2D eigenvalue weighted by Crippen LogP contribution is -2.05. The summed E-state index contributed by atoms with van der Waals surface area (Å²) in [6.07, 6.45) is 3.00. The fraction of sp³-hybridized carbons (Fsp3) is 0.222. The van der Waals surface area contributed by atoms with Gasteiger partial charge in [-0.3, -0.25) is 10.2 Å². The van der Waals surface area contributed by atoms with Crippen molar-refractivity contribution in [2.45, 2.75) is 24.8 Å². The van der Waals surface area contributed by atoms with E-state index in [0.717, 1.165) is 5.39 Å². The highest BCUT2D eigenvalue weighted by atomic mass is 19.3. The Kier molecular flexibility index (Phi) is 3.89. The predicted octanol–water partition coefficient (Wildman–Crippen LogP) is 3.69. The number of H-pyrrole nitrogens is 2. The van der Waals surface area contributed by atoms with E-state index < -0.39 is 11.8 Å². The molecule has 1 aliphatic rings. The maximum absolute atomic E-state index is 13.7. The zero-order chi connectivity index (χ0) is 20.0. The summed E-state index contributed by atoms with van der Waals surface area (Å²) in [6, 6.07) is 5.97. The molecule has 1 fully saturated rings. The highest BCUT2D eigenvalue weighted by Crippen LogP contribution is 2.55. The summed E-state index contributed by atoms with van der Waals surface area (Å²) < 4.78 is 40.1. The van der Waals surface area contributed by atoms with Crippen molar-refractivity contribution < 1.29 is 13.2 Å². The van der Waals surface area contributed by atoms with Crippen LogP contribution < -0.4 is 10.6 Å². The Morgan fingerprint density at radius 2 is 2.03 bits per heavy atom. The molecule has 0 saturated heterocycles. The van der Waals surface area contributed by atoms with Crippen molar-refractivity contribution in [1.29, 1.82) is 0 Å². The Balaban J connectivity index is 1.28. The van der Waals surface area contributed by atoms with Crippen molar-refractivity contribution in [1.82, 2.24) is 30.4 Å². The van der Waals surface area contributed by atoms with Gasteiger partial charge in [-0.25, -0.2) is 18.2 Å². The van der Waals surface area contributed by atoms with E-state index in [1.165, 1.54) is 12.1 Å². The van der Waals surface area contributed by atoms with Crippen molar-refractivity contribution in [3.05, 3.63) is 53.7 Å². The molecule has 0 unspecified atom stereocenters. The first-order valence-corrected chi connectivity index (χ1v) is 8.86. The van der Waals surface area contributed by atoms with Crippen LogP contribution in [-0.4, -0.2) is 36.3 Å². The fourth-order valence-corrected chi connectivity index (χ4v) is 3.18. The van der Waals surface area contributed by atoms with Gasteiger partial charge in [0.1, 0.15) is 11.6 Å². The van der Waals surface area contributed by atoms with Crippen molar-refractivity contribution in [2.75, 3.05) is 10.6 Å². The molecule has 0 aliphatic heterocycles. The number of hydrogen-bond acceptors (Lipinski definition) is 6. The molecule has 4 aromatic rings. The number of aromatic amines is 2. The lowest BCUT2D eigenvalue weighted by atomic mass is 10.1. The molecule has 4 N–H and O–H groups in total. The molecule has 29 heavy (non-hydrogen) atoms. The summed E-state index contributed by atoms with van der Waals surface area (Å²) >= 11 is 0. The number of fused-ring (bicyclic) bond motifs is 1. The van der Waals surface area contributed by atoms with Gasteiger partial charge in [-0.1, -0.05) is 0 Å². The second-order valence-electron chi connectivity index (χ2n) is 6.87. The average Bonchev–Trinajstić information content (AvgIpc) is 3.07. The molecular weight excluding hydrogens is 385 g/mol. The van der Waals surface area contributed by atoms with Gasteiger partial charge in [0.15, 0.2) is 5.82 Å². The molecule has 3 aromatic heterocycles. The summed E-state index contributed by atoms with van der Waals surface area (Å²) in [5.74, 6) is -2.69. The lowest BCUT2D eigenvalue weighted by Gasteiger charge is -2.08. The minimum absolute atomic E-state index is 0.166. The molecule has 1 atom stereocenters. The average molecular weight is 400 g/mol. The van der Waals surface area contributed by atoms with Gasteiger partial charge < -0.3 is 10.6 Å². The van der Waals surface area contributed by atoms with Crippen LogP contribution >= 0.6 is 0 Å². The molecule has 3 heterocycles. The molecule has 1 aliphatic carbocycles. The van der Waals surface area contributed by atoms with Gasteiger partial charge in [-0.05, 0) is 23.8 Å². The van der Waals surface area contributed by atoms with Crippen LogP contribution in [-0.2, 0) is 6.54 Å². The van der Waals surface area contributed by atoms with Crippen LogP contribution in [0.15, 0.2) is 36.7 Å². The fourth-order valence-electron chi connectivity index (χ4n) is 3.18. The summed E-state index contributed by atoms with van der Waals surface area (Å²) in [5.41, 5.74) is 1.70. The normalized spacial score (nSPS) is 17.4. The quantitative estimate of drug-likeness (QED) is 0.393. The maximum Gasteiger partial charge on any atom is 0.257 e. The topological polar surface area (TPSA) is 107 Å². The van der Waals surface area contributed by atoms with Gasteiger partial charge >= 0.3 is 0 Å². The zero-order valence-corrected chi connectivity index (χ0v) is 14.9. The lowest BCUT2D eigenvalue weighted by molar-refractivity contribution is 0.111. The van der Waals surface area contributed by atoms with E-state index >= 15 is 0 Å². The Morgan fingerprint density at radius 3 is 2.86 bits per heavy atom. The number of nitrogens with zero attached hydrogens (tertiary/aromatic N) is 4. The molecule has 148 valence electrons. The monoisotopic (exact) mass is 400 g/mol. The summed E-state index contributed by atoms with van der Waals surface area (Å²) in [4.78, 5) is 8.46. The number of hydrogen-bond donors (Lipinski definition) is 4. The molecule has 0 bridgehead atoms. The minimum Gasteiger partial charge on any atom is -0.350 e. The Morgan fingerprint density at radius 1 is 1.17 bits per heavy atom. The van der Waals surface area contributed by atoms with Crippen LogP contribution in [0.3, 0.4) is 0 Å². The molecule has 0 spiro atoms. The van der Waals surface area contributed by atoms with Gasteiger partial charge in [-0.15, -0.1) is 0 Å². The SMILES string of the molecule is Fc1cc(CNc2nccc(Nc3cc([C@@H]4CC4(F)F)[nH]n3)n2)c2cn[nH]c2c1. The molecular formula is C18H15F3N8. The third-order valence-electron chi connectivity index (χ3n) is 4.76. The van der Waals surface area contributed by atoms with Gasteiger partial charge in [0.25, 0.3) is 5.92 Å². The minimum atomic E-state index is -2.66. The predicted molar refractivity (Wildman–Crippen MR) is 99.6 cm³/mol. The molecule has 1 saturated carbocycles. The van der Waals surface area contributed by atoms with E-state index in [-0.39, 0.29) is 12.2 Å². The first kappa shape index (κ1) is 17.5.